The van der Waals surface area contributed by atoms with Gasteiger partial charge < -0.3 is 15.3 Å². The van der Waals surface area contributed by atoms with E-state index >= 15 is 0 Å². The number of likely N-dealkylation sites (tertiary alicyclic amines) is 1. The number of aliphatic hydroxyl groups excluding tert-OH is 1. The minimum Gasteiger partial charge on any atom is -0.396 e. The van der Waals surface area contributed by atoms with E-state index in [2.05, 4.69) is 10.2 Å². The predicted molar refractivity (Wildman–Crippen MR) is 71.1 cm³/mol. The highest BCUT2D eigenvalue weighted by molar-refractivity contribution is 4.85. The Morgan fingerprint density at radius 3 is 2.71 bits per heavy atom. The number of fused-ring (bicyclic) bond motifs is 1. The second-order valence-electron chi connectivity index (χ2n) is 5.85. The van der Waals surface area contributed by atoms with Crippen molar-refractivity contribution < 1.29 is 5.11 Å². The monoisotopic (exact) mass is 240 g/mol. The van der Waals surface area contributed by atoms with Crippen molar-refractivity contribution in [3.63, 3.8) is 0 Å². The van der Waals surface area contributed by atoms with Gasteiger partial charge in [0.15, 0.2) is 0 Å². The van der Waals surface area contributed by atoms with Gasteiger partial charge in [-0.2, -0.15) is 0 Å². The zero-order valence-electron chi connectivity index (χ0n) is 11.2. The molecule has 0 aromatic rings. The van der Waals surface area contributed by atoms with E-state index in [-0.39, 0.29) is 0 Å². The molecule has 1 aliphatic carbocycles. The molecule has 0 amide bonds. The van der Waals surface area contributed by atoms with Gasteiger partial charge in [-0.1, -0.05) is 19.3 Å². The first kappa shape index (κ1) is 13.3. The molecule has 1 aliphatic heterocycles. The fourth-order valence-electron chi connectivity index (χ4n) is 3.64. The molecule has 1 saturated carbocycles. The number of aliphatic hydroxyl groups is 1. The SMILES string of the molecule is CNC(CCO)CN1CCC2CCCCC2C1. The molecule has 3 heteroatoms. The van der Waals surface area contributed by atoms with Gasteiger partial charge >= 0.3 is 0 Å². The second-order valence-corrected chi connectivity index (χ2v) is 5.85. The largest absolute Gasteiger partial charge is 0.396 e. The van der Waals surface area contributed by atoms with Crippen LogP contribution in [0.4, 0.5) is 0 Å². The van der Waals surface area contributed by atoms with Gasteiger partial charge in [-0.15, -0.1) is 0 Å². The highest BCUT2D eigenvalue weighted by atomic mass is 16.3. The lowest BCUT2D eigenvalue weighted by atomic mass is 9.75. The van der Waals surface area contributed by atoms with Crippen LogP contribution in [0.3, 0.4) is 0 Å². The van der Waals surface area contributed by atoms with E-state index in [4.69, 9.17) is 5.11 Å². The molecule has 1 saturated heterocycles. The molecule has 2 fully saturated rings. The third kappa shape index (κ3) is 3.67. The van der Waals surface area contributed by atoms with Crippen LogP contribution >= 0.6 is 0 Å². The van der Waals surface area contributed by atoms with E-state index in [1.54, 1.807) is 0 Å². The molecule has 0 aromatic carbocycles. The lowest BCUT2D eigenvalue weighted by molar-refractivity contribution is 0.0778. The van der Waals surface area contributed by atoms with Crippen molar-refractivity contribution in [2.75, 3.05) is 33.3 Å². The number of hydrogen-bond donors (Lipinski definition) is 2. The van der Waals surface area contributed by atoms with Crippen LogP contribution in [-0.2, 0) is 0 Å². The first-order chi connectivity index (χ1) is 8.33. The fourth-order valence-corrected chi connectivity index (χ4v) is 3.64. The van der Waals surface area contributed by atoms with Crippen LogP contribution in [0.25, 0.3) is 0 Å². The van der Waals surface area contributed by atoms with Crippen LogP contribution < -0.4 is 5.32 Å². The number of nitrogens with one attached hydrogen (secondary N) is 1. The smallest absolute Gasteiger partial charge is 0.0446 e. The van der Waals surface area contributed by atoms with Crippen LogP contribution in [0.1, 0.15) is 38.5 Å². The number of likely N-dealkylation sites (N-methyl/N-ethyl adjacent to an activating group) is 1. The van der Waals surface area contributed by atoms with Crippen molar-refractivity contribution in [3.8, 4) is 0 Å². The molecule has 2 aliphatic rings. The van der Waals surface area contributed by atoms with E-state index in [0.717, 1.165) is 24.8 Å². The molecule has 3 unspecified atom stereocenters. The van der Waals surface area contributed by atoms with Crippen molar-refractivity contribution in [3.05, 3.63) is 0 Å². The molecular weight excluding hydrogens is 212 g/mol. The quantitative estimate of drug-likeness (QED) is 0.764. The Labute approximate surface area is 106 Å². The predicted octanol–water partition coefficient (Wildman–Crippen LogP) is 1.47. The summed E-state index contributed by atoms with van der Waals surface area (Å²) in [5.74, 6) is 1.98. The van der Waals surface area contributed by atoms with Gasteiger partial charge in [0.05, 0.1) is 0 Å². The Kier molecular flexibility index (Phi) is 5.26. The summed E-state index contributed by atoms with van der Waals surface area (Å²) in [6.45, 7) is 3.98. The zero-order valence-corrected chi connectivity index (χ0v) is 11.2. The van der Waals surface area contributed by atoms with Gasteiger partial charge in [-0.3, -0.25) is 0 Å². The number of nitrogens with zero attached hydrogens (tertiary/aromatic N) is 1. The van der Waals surface area contributed by atoms with Crippen molar-refractivity contribution in [1.82, 2.24) is 10.2 Å². The van der Waals surface area contributed by atoms with Crippen molar-refractivity contribution in [1.29, 1.82) is 0 Å². The minimum atomic E-state index is 0.297. The van der Waals surface area contributed by atoms with Gasteiger partial charge in [-0.25, -0.2) is 0 Å². The van der Waals surface area contributed by atoms with Gasteiger partial charge in [-0.05, 0) is 44.7 Å². The van der Waals surface area contributed by atoms with Crippen molar-refractivity contribution >= 4 is 0 Å². The van der Waals surface area contributed by atoms with Gasteiger partial charge in [0.25, 0.3) is 0 Å². The van der Waals surface area contributed by atoms with Crippen LogP contribution in [0, 0.1) is 11.8 Å². The summed E-state index contributed by atoms with van der Waals surface area (Å²) in [4.78, 5) is 2.61. The normalized spacial score (nSPS) is 32.1. The lowest BCUT2D eigenvalue weighted by Gasteiger charge is -2.42. The topological polar surface area (TPSA) is 35.5 Å². The summed E-state index contributed by atoms with van der Waals surface area (Å²) < 4.78 is 0. The molecule has 3 nitrogen and oxygen atoms in total. The summed E-state index contributed by atoms with van der Waals surface area (Å²) in [6, 6.07) is 0.458. The van der Waals surface area contributed by atoms with Gasteiger partial charge in [0, 0.05) is 25.7 Å². The molecule has 100 valence electrons. The Hall–Kier alpha value is -0.120. The maximum Gasteiger partial charge on any atom is 0.0446 e. The van der Waals surface area contributed by atoms with E-state index in [0.29, 0.717) is 12.6 Å². The Morgan fingerprint density at radius 1 is 1.24 bits per heavy atom. The molecule has 2 N–H and O–H groups in total. The zero-order chi connectivity index (χ0) is 12.1. The van der Waals surface area contributed by atoms with Crippen LogP contribution in [0.15, 0.2) is 0 Å². The summed E-state index contributed by atoms with van der Waals surface area (Å²) >= 11 is 0. The lowest BCUT2D eigenvalue weighted by Crippen LogP contribution is -2.47. The molecular formula is C14H28N2O. The molecule has 1 heterocycles. The minimum absolute atomic E-state index is 0.297. The Bertz CT molecular complexity index is 220. The van der Waals surface area contributed by atoms with Gasteiger partial charge in [0.1, 0.15) is 0 Å². The first-order valence-electron chi connectivity index (χ1n) is 7.34. The van der Waals surface area contributed by atoms with E-state index in [1.807, 2.05) is 7.05 Å². The van der Waals surface area contributed by atoms with E-state index in [9.17, 15) is 0 Å². The Morgan fingerprint density at radius 2 is 2.00 bits per heavy atom. The Balaban J connectivity index is 1.78. The third-order valence-corrected chi connectivity index (χ3v) is 4.74. The summed E-state index contributed by atoms with van der Waals surface area (Å²) in [6.07, 6.45) is 8.11. The van der Waals surface area contributed by atoms with E-state index < -0.39 is 0 Å². The molecule has 17 heavy (non-hydrogen) atoms. The fraction of sp³-hybridized carbons (Fsp3) is 1.00. The maximum atomic E-state index is 9.03. The number of hydrogen-bond acceptors (Lipinski definition) is 3. The maximum absolute atomic E-state index is 9.03. The van der Waals surface area contributed by atoms with E-state index in [1.165, 1.54) is 45.2 Å². The molecule has 0 spiro atoms. The number of rotatable bonds is 5. The molecule has 0 bridgehead atoms. The molecule has 2 rings (SSSR count). The standard InChI is InChI=1S/C14H28N2O/c1-15-14(7-9-17)11-16-8-6-12-4-2-3-5-13(12)10-16/h12-15,17H,2-11H2,1H3. The molecule has 0 aromatic heterocycles. The first-order valence-corrected chi connectivity index (χ1v) is 7.34. The average Bonchev–Trinajstić information content (AvgIpc) is 2.38. The highest BCUT2D eigenvalue weighted by Gasteiger charge is 2.31. The van der Waals surface area contributed by atoms with Crippen molar-refractivity contribution in [2.24, 2.45) is 11.8 Å². The summed E-state index contributed by atoms with van der Waals surface area (Å²) in [7, 11) is 2.01. The molecule has 0 radical (unpaired) electrons. The van der Waals surface area contributed by atoms with Gasteiger partial charge in [0.2, 0.25) is 0 Å². The second kappa shape index (κ2) is 6.72. The van der Waals surface area contributed by atoms with Crippen molar-refractivity contribution in [2.45, 2.75) is 44.6 Å². The average molecular weight is 240 g/mol. The summed E-state index contributed by atoms with van der Waals surface area (Å²) in [5, 5.41) is 12.3. The number of piperidine rings is 1. The molecule has 3 atom stereocenters. The third-order valence-electron chi connectivity index (χ3n) is 4.74. The van der Waals surface area contributed by atoms with Crippen LogP contribution in [0.5, 0.6) is 0 Å². The van der Waals surface area contributed by atoms with Crippen LogP contribution in [0.2, 0.25) is 0 Å². The highest BCUT2D eigenvalue weighted by Crippen LogP contribution is 2.35. The summed E-state index contributed by atoms with van der Waals surface area (Å²) in [5.41, 5.74) is 0. The van der Waals surface area contributed by atoms with Crippen LogP contribution in [-0.4, -0.2) is 49.3 Å².